The van der Waals surface area contributed by atoms with E-state index < -0.39 is 11.7 Å². The van der Waals surface area contributed by atoms with Crippen molar-refractivity contribution < 1.29 is 18.0 Å². The molecule has 1 amide bonds. The number of benzene rings is 3. The van der Waals surface area contributed by atoms with Gasteiger partial charge in [-0.3, -0.25) is 9.48 Å². The molecule has 4 aromatic rings. The van der Waals surface area contributed by atoms with Gasteiger partial charge in [0.1, 0.15) is 0 Å². The summed E-state index contributed by atoms with van der Waals surface area (Å²) in [5.41, 5.74) is 4.50. The number of rotatable bonds is 5. The van der Waals surface area contributed by atoms with Crippen molar-refractivity contribution in [2.24, 2.45) is 0 Å². The van der Waals surface area contributed by atoms with Crippen molar-refractivity contribution in [2.75, 3.05) is 0 Å². The number of aryl methyl sites for hydroxylation is 1. The molecule has 0 saturated carbocycles. The Morgan fingerprint density at radius 1 is 1.06 bits per heavy atom. The zero-order valence-electron chi connectivity index (χ0n) is 18.5. The summed E-state index contributed by atoms with van der Waals surface area (Å²) in [6.07, 6.45) is 0.217. The van der Waals surface area contributed by atoms with Crippen LogP contribution < -0.4 is 5.32 Å². The lowest BCUT2D eigenvalue weighted by molar-refractivity contribution is -0.137. The molecule has 0 bridgehead atoms. The van der Waals surface area contributed by atoms with Gasteiger partial charge >= 0.3 is 6.18 Å². The molecule has 5 rings (SSSR count). The zero-order valence-corrected chi connectivity index (χ0v) is 19.3. The van der Waals surface area contributed by atoms with Gasteiger partial charge in [-0.25, -0.2) is 0 Å². The van der Waals surface area contributed by atoms with Crippen LogP contribution in [0.2, 0.25) is 5.02 Å². The number of carbonyl (C=O) groups is 1. The van der Waals surface area contributed by atoms with E-state index in [1.165, 1.54) is 22.5 Å². The first-order valence-corrected chi connectivity index (χ1v) is 11.5. The number of hydrogen-bond acceptors (Lipinski definition) is 2. The predicted octanol–water partition coefficient (Wildman–Crippen LogP) is 6.69. The predicted molar refractivity (Wildman–Crippen MR) is 128 cm³/mol. The van der Waals surface area contributed by atoms with Crippen molar-refractivity contribution >= 4 is 17.5 Å². The van der Waals surface area contributed by atoms with Crippen molar-refractivity contribution in [3.63, 3.8) is 0 Å². The van der Waals surface area contributed by atoms with Gasteiger partial charge in [0.2, 0.25) is 0 Å². The minimum Gasteiger partial charge on any atom is -0.345 e. The maximum Gasteiger partial charge on any atom is 0.416 e. The molecule has 178 valence electrons. The first-order valence-electron chi connectivity index (χ1n) is 11.1. The molecule has 0 radical (unpaired) electrons. The van der Waals surface area contributed by atoms with E-state index in [0.29, 0.717) is 16.1 Å². The number of nitrogens with one attached hydrogen (secondary N) is 1. The first kappa shape index (κ1) is 23.2. The quantitative estimate of drug-likeness (QED) is 0.335. The van der Waals surface area contributed by atoms with Crippen molar-refractivity contribution in [2.45, 2.75) is 31.6 Å². The summed E-state index contributed by atoms with van der Waals surface area (Å²) in [6.45, 7) is 0.135. The highest BCUT2D eigenvalue weighted by molar-refractivity contribution is 6.30. The molecule has 0 spiro atoms. The summed E-state index contributed by atoms with van der Waals surface area (Å²) in [5, 5.41) is 7.91. The van der Waals surface area contributed by atoms with Crippen molar-refractivity contribution in [3.8, 4) is 11.1 Å². The summed E-state index contributed by atoms with van der Waals surface area (Å²) < 4.78 is 40.3. The second-order valence-corrected chi connectivity index (χ2v) is 9.05. The normalized spacial score (nSPS) is 15.1. The fraction of sp³-hybridized carbons (Fsp3) is 0.185. The zero-order chi connectivity index (χ0) is 24.6. The van der Waals surface area contributed by atoms with Gasteiger partial charge in [0.15, 0.2) is 0 Å². The monoisotopic (exact) mass is 495 g/mol. The van der Waals surface area contributed by atoms with Gasteiger partial charge in [-0.15, -0.1) is 0 Å². The Bertz CT molecular complexity index is 1400. The van der Waals surface area contributed by atoms with Crippen molar-refractivity contribution in [1.82, 2.24) is 15.1 Å². The summed E-state index contributed by atoms with van der Waals surface area (Å²) >= 11 is 6.12. The molecule has 1 aliphatic carbocycles. The van der Waals surface area contributed by atoms with Gasteiger partial charge in [0.05, 0.1) is 29.9 Å². The largest absolute Gasteiger partial charge is 0.416 e. The van der Waals surface area contributed by atoms with Crippen LogP contribution in [0.4, 0.5) is 13.2 Å². The molecule has 1 aliphatic rings. The maximum absolute atomic E-state index is 13.0. The average molecular weight is 496 g/mol. The average Bonchev–Trinajstić information content (AvgIpc) is 3.46. The van der Waals surface area contributed by atoms with Crippen LogP contribution >= 0.6 is 11.6 Å². The van der Waals surface area contributed by atoms with E-state index in [1.54, 1.807) is 12.3 Å². The van der Waals surface area contributed by atoms with Crippen LogP contribution in [0.3, 0.4) is 0 Å². The Balaban J connectivity index is 1.26. The highest BCUT2D eigenvalue weighted by Gasteiger charge is 2.30. The molecule has 1 unspecified atom stereocenters. The second kappa shape index (κ2) is 9.23. The van der Waals surface area contributed by atoms with Gasteiger partial charge in [-0.2, -0.15) is 18.3 Å². The fourth-order valence-electron chi connectivity index (χ4n) is 4.46. The van der Waals surface area contributed by atoms with E-state index in [0.717, 1.165) is 41.7 Å². The van der Waals surface area contributed by atoms with E-state index in [4.69, 9.17) is 11.6 Å². The van der Waals surface area contributed by atoms with E-state index in [2.05, 4.69) is 16.5 Å². The fourth-order valence-corrected chi connectivity index (χ4v) is 4.65. The molecule has 0 saturated heterocycles. The Morgan fingerprint density at radius 3 is 2.66 bits per heavy atom. The molecule has 4 nitrogen and oxygen atoms in total. The molecule has 1 heterocycles. The van der Waals surface area contributed by atoms with Gasteiger partial charge in [-0.1, -0.05) is 54.1 Å². The number of amides is 1. The molecule has 0 fully saturated rings. The van der Waals surface area contributed by atoms with Crippen LogP contribution in [0.1, 0.15) is 45.1 Å². The van der Waals surface area contributed by atoms with E-state index >= 15 is 0 Å². The third-order valence-corrected chi connectivity index (χ3v) is 6.41. The van der Waals surface area contributed by atoms with Gasteiger partial charge in [0, 0.05) is 11.2 Å². The minimum atomic E-state index is -4.41. The number of carbonyl (C=O) groups excluding carboxylic acids is 1. The molecule has 0 aliphatic heterocycles. The Kier molecular flexibility index (Phi) is 6.11. The summed E-state index contributed by atoms with van der Waals surface area (Å²) in [4.78, 5) is 12.9. The highest BCUT2D eigenvalue weighted by atomic mass is 35.5. The van der Waals surface area contributed by atoms with Gasteiger partial charge < -0.3 is 5.32 Å². The van der Waals surface area contributed by atoms with E-state index in [-0.39, 0.29) is 18.5 Å². The molecule has 1 N–H and O–H groups in total. The van der Waals surface area contributed by atoms with Gasteiger partial charge in [0.25, 0.3) is 5.91 Å². The molecule has 1 atom stereocenters. The van der Waals surface area contributed by atoms with Gasteiger partial charge in [-0.05, 0) is 64.9 Å². The second-order valence-electron chi connectivity index (χ2n) is 8.61. The van der Waals surface area contributed by atoms with Crippen LogP contribution in [0.25, 0.3) is 11.1 Å². The topological polar surface area (TPSA) is 46.9 Å². The van der Waals surface area contributed by atoms with E-state index in [1.807, 2.05) is 36.4 Å². The van der Waals surface area contributed by atoms with Crippen LogP contribution in [0.15, 0.2) is 79.1 Å². The number of fused-ring (bicyclic) bond motifs is 1. The van der Waals surface area contributed by atoms with Crippen LogP contribution in [-0.4, -0.2) is 15.7 Å². The van der Waals surface area contributed by atoms with Crippen molar-refractivity contribution in [1.29, 1.82) is 0 Å². The van der Waals surface area contributed by atoms with Crippen molar-refractivity contribution in [3.05, 3.63) is 112 Å². The summed E-state index contributed by atoms with van der Waals surface area (Å²) in [7, 11) is 0. The molecule has 8 heteroatoms. The molecular formula is C27H21ClF3N3O. The number of aromatic nitrogens is 2. The standard InChI is InChI=1S/C27H21ClF3N3O/c28-23-6-2-4-18(13-23)19-7-9-24-20(12-19)8-10-25(24)33-26(35)21-14-32-34(16-21)15-17-3-1-5-22(11-17)27(29,30)31/h1-7,9,11-14,16,25H,8,10,15H2,(H,33,35). The molecular weight excluding hydrogens is 475 g/mol. The molecule has 35 heavy (non-hydrogen) atoms. The minimum absolute atomic E-state index is 0.113. The summed E-state index contributed by atoms with van der Waals surface area (Å²) in [6, 6.07) is 18.9. The number of halogens is 4. The molecule has 3 aromatic carbocycles. The Morgan fingerprint density at radius 2 is 1.86 bits per heavy atom. The lowest BCUT2D eigenvalue weighted by Gasteiger charge is -2.14. The number of nitrogens with zero attached hydrogens (tertiary/aromatic N) is 2. The highest BCUT2D eigenvalue weighted by Crippen LogP contribution is 2.35. The van der Waals surface area contributed by atoms with Crippen LogP contribution in [-0.2, 0) is 19.1 Å². The lowest BCUT2D eigenvalue weighted by atomic mass is 10.00. The number of alkyl halides is 3. The summed E-state index contributed by atoms with van der Waals surface area (Å²) in [5.74, 6) is -0.267. The first-order chi connectivity index (χ1) is 16.8. The Hall–Kier alpha value is -3.58. The molecule has 1 aromatic heterocycles. The van der Waals surface area contributed by atoms with Crippen LogP contribution in [0, 0.1) is 0 Å². The third kappa shape index (κ3) is 5.10. The lowest BCUT2D eigenvalue weighted by Crippen LogP contribution is -2.26. The van der Waals surface area contributed by atoms with Crippen LogP contribution in [0.5, 0.6) is 0 Å². The Labute approximate surface area is 205 Å². The maximum atomic E-state index is 13.0. The third-order valence-electron chi connectivity index (χ3n) is 6.18. The smallest absolute Gasteiger partial charge is 0.345 e. The SMILES string of the molecule is O=C(NC1CCc2cc(-c3cccc(Cl)c3)ccc21)c1cnn(Cc2cccc(C(F)(F)F)c2)c1. The van der Waals surface area contributed by atoms with E-state index in [9.17, 15) is 18.0 Å². The number of hydrogen-bond donors (Lipinski definition) is 1.